The normalized spacial score (nSPS) is 9.67. The lowest BCUT2D eigenvalue weighted by molar-refractivity contribution is 0.326. The molecule has 0 atom stereocenters. The van der Waals surface area contributed by atoms with Gasteiger partial charge >= 0.3 is 0 Å². The first-order valence-corrected chi connectivity index (χ1v) is 7.25. The standard InChI is InChI=1S/C7H10N4O2.C7H11N3O/c1-3-13-6-5(11-12)4(2)9-7(8)10-6;1-3-11-6-4-5(2)9-7(8)10-6/h3H2,1-2H3,(H2,8,9,10);4H,3H2,1-2H3,(H2,8,9,10). The van der Waals surface area contributed by atoms with E-state index in [-0.39, 0.29) is 23.5 Å². The molecule has 0 spiro atoms. The van der Waals surface area contributed by atoms with Gasteiger partial charge in [-0.05, 0) is 32.9 Å². The van der Waals surface area contributed by atoms with Gasteiger partial charge in [0.1, 0.15) is 0 Å². The van der Waals surface area contributed by atoms with Crippen molar-refractivity contribution in [1.29, 1.82) is 0 Å². The molecule has 2 heterocycles. The van der Waals surface area contributed by atoms with E-state index in [0.717, 1.165) is 5.69 Å². The molecule has 130 valence electrons. The molecule has 0 bridgehead atoms. The van der Waals surface area contributed by atoms with Gasteiger partial charge < -0.3 is 20.9 Å². The van der Waals surface area contributed by atoms with E-state index < -0.39 is 0 Å². The van der Waals surface area contributed by atoms with E-state index >= 15 is 0 Å². The van der Waals surface area contributed by atoms with Crippen LogP contribution in [-0.4, -0.2) is 33.1 Å². The summed E-state index contributed by atoms with van der Waals surface area (Å²) in [6.45, 7) is 8.14. The van der Waals surface area contributed by atoms with Crippen LogP contribution in [0.4, 0.5) is 17.6 Å². The summed E-state index contributed by atoms with van der Waals surface area (Å²) in [5, 5.41) is 2.77. The van der Waals surface area contributed by atoms with Crippen molar-refractivity contribution in [2.24, 2.45) is 5.18 Å². The van der Waals surface area contributed by atoms with Gasteiger partial charge in [-0.1, -0.05) is 0 Å². The topological polar surface area (TPSA) is 151 Å². The van der Waals surface area contributed by atoms with E-state index in [1.54, 1.807) is 19.9 Å². The molecule has 2 rings (SSSR count). The maximum atomic E-state index is 10.4. The number of aromatic nitrogens is 4. The molecule has 0 aromatic carbocycles. The monoisotopic (exact) mass is 335 g/mol. The first-order chi connectivity index (χ1) is 11.4. The van der Waals surface area contributed by atoms with Crippen LogP contribution in [0.3, 0.4) is 0 Å². The molecule has 2 aromatic rings. The molecule has 0 unspecified atom stereocenters. The Morgan fingerprint density at radius 1 is 1.00 bits per heavy atom. The quantitative estimate of drug-likeness (QED) is 0.780. The van der Waals surface area contributed by atoms with Crippen LogP contribution in [0.15, 0.2) is 11.2 Å². The Hall–Kier alpha value is -3.04. The summed E-state index contributed by atoms with van der Waals surface area (Å²) in [7, 11) is 0. The molecule has 2 aromatic heterocycles. The molecule has 0 aliphatic heterocycles. The number of ether oxygens (including phenoxy) is 2. The van der Waals surface area contributed by atoms with Crippen LogP contribution in [0, 0.1) is 18.8 Å². The predicted molar refractivity (Wildman–Crippen MR) is 90.2 cm³/mol. The van der Waals surface area contributed by atoms with E-state index in [4.69, 9.17) is 20.9 Å². The van der Waals surface area contributed by atoms with E-state index in [2.05, 4.69) is 25.1 Å². The minimum absolute atomic E-state index is 0.0772. The van der Waals surface area contributed by atoms with Crippen molar-refractivity contribution in [3.63, 3.8) is 0 Å². The summed E-state index contributed by atoms with van der Waals surface area (Å²) in [6, 6.07) is 1.75. The molecule has 0 aliphatic carbocycles. The number of hydrogen-bond donors (Lipinski definition) is 2. The zero-order valence-corrected chi connectivity index (χ0v) is 14.1. The third kappa shape index (κ3) is 5.63. The maximum absolute atomic E-state index is 10.4. The van der Waals surface area contributed by atoms with Gasteiger partial charge in [-0.3, -0.25) is 0 Å². The van der Waals surface area contributed by atoms with Crippen molar-refractivity contribution < 1.29 is 9.47 Å². The van der Waals surface area contributed by atoms with Gasteiger partial charge in [0, 0.05) is 11.8 Å². The molecule has 0 saturated carbocycles. The predicted octanol–water partition coefficient (Wildman–Crippen LogP) is 1.93. The number of nitrogen functional groups attached to an aromatic ring is 2. The smallest absolute Gasteiger partial charge is 0.248 e. The van der Waals surface area contributed by atoms with Crippen LogP contribution in [0.5, 0.6) is 11.8 Å². The van der Waals surface area contributed by atoms with Crippen LogP contribution in [0.25, 0.3) is 0 Å². The zero-order valence-electron chi connectivity index (χ0n) is 14.1. The number of nitrogens with zero attached hydrogens (tertiary/aromatic N) is 5. The maximum Gasteiger partial charge on any atom is 0.248 e. The summed E-state index contributed by atoms with van der Waals surface area (Å²) in [5.74, 6) is 1.02. The Morgan fingerprint density at radius 2 is 1.62 bits per heavy atom. The second-order valence-corrected chi connectivity index (χ2v) is 4.48. The molecule has 0 saturated heterocycles. The average molecular weight is 335 g/mol. The number of aryl methyl sites for hydroxylation is 2. The number of nitrogens with two attached hydrogens (primary N) is 2. The van der Waals surface area contributed by atoms with Crippen LogP contribution in [0.1, 0.15) is 25.2 Å². The Kier molecular flexibility index (Phi) is 7.27. The number of anilines is 2. The summed E-state index contributed by atoms with van der Waals surface area (Å²) in [6.07, 6.45) is 0. The Labute approximate surface area is 139 Å². The Morgan fingerprint density at radius 3 is 2.17 bits per heavy atom. The van der Waals surface area contributed by atoms with E-state index in [1.807, 2.05) is 13.8 Å². The number of rotatable bonds is 5. The van der Waals surface area contributed by atoms with Crippen LogP contribution < -0.4 is 20.9 Å². The summed E-state index contributed by atoms with van der Waals surface area (Å²) in [5.41, 5.74) is 12.1. The molecular weight excluding hydrogens is 314 g/mol. The van der Waals surface area contributed by atoms with Crippen molar-refractivity contribution in [1.82, 2.24) is 19.9 Å². The molecule has 4 N–H and O–H groups in total. The van der Waals surface area contributed by atoms with Crippen molar-refractivity contribution >= 4 is 17.6 Å². The lowest BCUT2D eigenvalue weighted by Crippen LogP contribution is -2.02. The number of nitroso groups, excluding NO2 is 1. The van der Waals surface area contributed by atoms with Gasteiger partial charge in [0.15, 0.2) is 5.69 Å². The fraction of sp³-hybridized carbons (Fsp3) is 0.429. The van der Waals surface area contributed by atoms with Gasteiger partial charge in [-0.25, -0.2) is 9.97 Å². The van der Waals surface area contributed by atoms with E-state index in [1.165, 1.54) is 0 Å². The minimum Gasteiger partial charge on any atom is -0.478 e. The molecule has 24 heavy (non-hydrogen) atoms. The molecular formula is C14H21N7O3. The van der Waals surface area contributed by atoms with Gasteiger partial charge in [-0.15, -0.1) is 4.91 Å². The van der Waals surface area contributed by atoms with E-state index in [9.17, 15) is 4.91 Å². The van der Waals surface area contributed by atoms with Crippen molar-refractivity contribution in [2.45, 2.75) is 27.7 Å². The zero-order chi connectivity index (χ0) is 18.1. The first-order valence-electron chi connectivity index (χ1n) is 7.25. The second-order valence-electron chi connectivity index (χ2n) is 4.48. The average Bonchev–Trinajstić information content (AvgIpc) is 2.47. The summed E-state index contributed by atoms with van der Waals surface area (Å²) in [4.78, 5) is 25.7. The van der Waals surface area contributed by atoms with Gasteiger partial charge in [0.05, 0.1) is 18.9 Å². The number of hydrogen-bond acceptors (Lipinski definition) is 10. The molecule has 0 fully saturated rings. The van der Waals surface area contributed by atoms with Gasteiger partial charge in [-0.2, -0.15) is 9.97 Å². The van der Waals surface area contributed by atoms with Crippen LogP contribution >= 0.6 is 0 Å². The molecule has 10 heteroatoms. The third-order valence-electron chi connectivity index (χ3n) is 2.56. The molecule has 0 radical (unpaired) electrons. The lowest BCUT2D eigenvalue weighted by atomic mass is 10.4. The van der Waals surface area contributed by atoms with Crippen LogP contribution in [-0.2, 0) is 0 Å². The fourth-order valence-corrected chi connectivity index (χ4v) is 1.69. The fourth-order valence-electron chi connectivity index (χ4n) is 1.69. The van der Waals surface area contributed by atoms with Crippen LogP contribution in [0.2, 0.25) is 0 Å². The highest BCUT2D eigenvalue weighted by Gasteiger charge is 2.11. The van der Waals surface area contributed by atoms with Crippen molar-refractivity contribution in [2.75, 3.05) is 24.7 Å². The van der Waals surface area contributed by atoms with Gasteiger partial charge in [0.25, 0.3) is 0 Å². The summed E-state index contributed by atoms with van der Waals surface area (Å²) < 4.78 is 10.2. The summed E-state index contributed by atoms with van der Waals surface area (Å²) >= 11 is 0. The van der Waals surface area contributed by atoms with Crippen molar-refractivity contribution in [3.05, 3.63) is 22.4 Å². The minimum atomic E-state index is 0.0772. The third-order valence-corrected chi connectivity index (χ3v) is 2.56. The molecule has 0 amide bonds. The highest BCUT2D eigenvalue weighted by Crippen LogP contribution is 2.28. The Balaban J connectivity index is 0.000000243. The highest BCUT2D eigenvalue weighted by molar-refractivity contribution is 5.52. The first kappa shape index (κ1) is 19.0. The highest BCUT2D eigenvalue weighted by atomic mass is 16.5. The molecule has 10 nitrogen and oxygen atoms in total. The second kappa shape index (κ2) is 9.18. The van der Waals surface area contributed by atoms with E-state index in [0.29, 0.717) is 24.8 Å². The SMILES string of the molecule is CCOc1cc(C)nc(N)n1.CCOc1nc(N)nc(C)c1N=O. The lowest BCUT2D eigenvalue weighted by Gasteiger charge is -2.05. The molecule has 0 aliphatic rings. The van der Waals surface area contributed by atoms with Gasteiger partial charge in [0.2, 0.25) is 23.7 Å². The Bertz CT molecular complexity index is 674. The largest absolute Gasteiger partial charge is 0.478 e. The van der Waals surface area contributed by atoms with Crippen molar-refractivity contribution in [3.8, 4) is 11.8 Å².